The molecule has 1 aromatic heterocycles. The molecule has 9 heteroatoms. The topological polar surface area (TPSA) is 88.8 Å². The number of halogens is 1. The van der Waals surface area contributed by atoms with Gasteiger partial charge in [0.1, 0.15) is 17.3 Å². The van der Waals surface area contributed by atoms with Gasteiger partial charge in [-0.3, -0.25) is 9.59 Å². The number of benzene rings is 1. The van der Waals surface area contributed by atoms with Crippen LogP contribution in [0.1, 0.15) is 15.5 Å². The molecule has 1 aliphatic heterocycles. The van der Waals surface area contributed by atoms with Gasteiger partial charge in [-0.05, 0) is 30.8 Å². The highest BCUT2D eigenvalue weighted by Crippen LogP contribution is 2.15. The molecule has 0 unspecified atom stereocenters. The number of nitrogens with two attached hydrogens (primary N) is 1. The molecule has 2 N–H and O–H groups in total. The van der Waals surface area contributed by atoms with Crippen LogP contribution < -0.4 is 10.5 Å². The first kappa shape index (κ1) is 19.2. The van der Waals surface area contributed by atoms with Crippen molar-refractivity contribution in [3.63, 3.8) is 0 Å². The first-order valence-corrected chi connectivity index (χ1v) is 9.54. The molecule has 2 aromatic rings. The van der Waals surface area contributed by atoms with Crippen molar-refractivity contribution in [3.05, 3.63) is 46.2 Å². The Morgan fingerprint density at radius 1 is 1.15 bits per heavy atom. The van der Waals surface area contributed by atoms with Gasteiger partial charge in [-0.15, -0.1) is 11.3 Å². The monoisotopic (exact) mass is 392 g/mol. The predicted molar refractivity (Wildman–Crippen MR) is 99.3 cm³/mol. The number of carbonyl (C=O) groups is 2. The minimum atomic E-state index is -0.357. The first-order chi connectivity index (χ1) is 13.1. The van der Waals surface area contributed by atoms with Crippen LogP contribution in [-0.2, 0) is 11.2 Å². The van der Waals surface area contributed by atoms with E-state index < -0.39 is 0 Å². The van der Waals surface area contributed by atoms with Crippen LogP contribution in [0.3, 0.4) is 0 Å². The maximum absolute atomic E-state index is 12.9. The van der Waals surface area contributed by atoms with E-state index in [1.165, 1.54) is 35.6 Å². The Labute approximate surface area is 160 Å². The second-order valence-electron chi connectivity index (χ2n) is 6.08. The summed E-state index contributed by atoms with van der Waals surface area (Å²) in [4.78, 5) is 32.5. The fraction of sp³-hybridized carbons (Fsp3) is 0.389. The van der Waals surface area contributed by atoms with Gasteiger partial charge in [-0.2, -0.15) is 0 Å². The number of thiazole rings is 1. The molecule has 0 saturated carbocycles. The first-order valence-electron chi connectivity index (χ1n) is 8.66. The minimum absolute atomic E-state index is 0.117. The van der Waals surface area contributed by atoms with Gasteiger partial charge in [-0.1, -0.05) is 0 Å². The van der Waals surface area contributed by atoms with E-state index in [9.17, 15) is 14.0 Å². The number of ether oxygens (including phenoxy) is 1. The molecule has 0 bridgehead atoms. The van der Waals surface area contributed by atoms with Crippen molar-refractivity contribution in [2.24, 2.45) is 5.73 Å². The van der Waals surface area contributed by atoms with Crippen LogP contribution >= 0.6 is 11.3 Å². The quantitative estimate of drug-likeness (QED) is 0.797. The Balaban J connectivity index is 1.46. The number of amides is 2. The number of hydrogen-bond donors (Lipinski definition) is 1. The standard InChI is InChI=1S/C18H21FN4O3S/c19-13-1-3-14(4-2-13)26-11-17(24)22-7-9-23(10-8-22)18(25)15-12-27-16(21-15)5-6-20/h1-4,12H,5-11,20H2. The smallest absolute Gasteiger partial charge is 0.273 e. The van der Waals surface area contributed by atoms with Crippen LogP contribution in [0.25, 0.3) is 0 Å². The molecule has 1 aliphatic rings. The van der Waals surface area contributed by atoms with Gasteiger partial charge in [0.25, 0.3) is 11.8 Å². The highest BCUT2D eigenvalue weighted by molar-refractivity contribution is 7.09. The molecule has 0 spiro atoms. The summed E-state index contributed by atoms with van der Waals surface area (Å²) >= 11 is 1.43. The van der Waals surface area contributed by atoms with Gasteiger partial charge in [0.05, 0.1) is 5.01 Å². The van der Waals surface area contributed by atoms with Gasteiger partial charge in [0.15, 0.2) is 6.61 Å². The van der Waals surface area contributed by atoms with Crippen molar-refractivity contribution in [2.75, 3.05) is 39.3 Å². The molecule has 27 heavy (non-hydrogen) atoms. The molecule has 0 radical (unpaired) electrons. The summed E-state index contributed by atoms with van der Waals surface area (Å²) in [6.07, 6.45) is 0.661. The van der Waals surface area contributed by atoms with Crippen LogP contribution in [0.5, 0.6) is 5.75 Å². The van der Waals surface area contributed by atoms with Crippen molar-refractivity contribution in [1.29, 1.82) is 0 Å². The molecule has 3 rings (SSSR count). The minimum Gasteiger partial charge on any atom is -0.484 e. The molecular formula is C18H21FN4O3S. The van der Waals surface area contributed by atoms with E-state index in [0.717, 1.165) is 5.01 Å². The summed E-state index contributed by atoms with van der Waals surface area (Å²) in [5.41, 5.74) is 5.94. The summed E-state index contributed by atoms with van der Waals surface area (Å²) in [7, 11) is 0. The Morgan fingerprint density at radius 3 is 2.48 bits per heavy atom. The van der Waals surface area contributed by atoms with Crippen molar-refractivity contribution < 1.29 is 18.7 Å². The number of aromatic nitrogens is 1. The lowest BCUT2D eigenvalue weighted by molar-refractivity contribution is -0.134. The summed E-state index contributed by atoms with van der Waals surface area (Å²) in [6, 6.07) is 5.52. The number of hydrogen-bond acceptors (Lipinski definition) is 6. The van der Waals surface area contributed by atoms with E-state index in [2.05, 4.69) is 4.98 Å². The van der Waals surface area contributed by atoms with E-state index in [4.69, 9.17) is 10.5 Å². The zero-order chi connectivity index (χ0) is 19.2. The maximum atomic E-state index is 12.9. The lowest BCUT2D eigenvalue weighted by Gasteiger charge is -2.34. The molecule has 7 nitrogen and oxygen atoms in total. The molecule has 0 aliphatic carbocycles. The van der Waals surface area contributed by atoms with E-state index in [1.54, 1.807) is 15.2 Å². The Hall–Kier alpha value is -2.52. The second kappa shape index (κ2) is 8.92. The fourth-order valence-corrected chi connectivity index (χ4v) is 3.52. The van der Waals surface area contributed by atoms with Gasteiger partial charge < -0.3 is 20.3 Å². The molecule has 2 amide bonds. The van der Waals surface area contributed by atoms with Crippen LogP contribution in [0.4, 0.5) is 4.39 Å². The lowest BCUT2D eigenvalue weighted by Crippen LogP contribution is -2.51. The lowest BCUT2D eigenvalue weighted by atomic mass is 10.3. The van der Waals surface area contributed by atoms with Crippen molar-refractivity contribution in [2.45, 2.75) is 6.42 Å². The highest BCUT2D eigenvalue weighted by Gasteiger charge is 2.26. The fourth-order valence-electron chi connectivity index (χ4n) is 2.74. The molecule has 1 aromatic carbocycles. The third-order valence-corrected chi connectivity index (χ3v) is 5.13. The molecule has 2 heterocycles. The van der Waals surface area contributed by atoms with Crippen molar-refractivity contribution >= 4 is 23.2 Å². The van der Waals surface area contributed by atoms with Crippen LogP contribution in [0.2, 0.25) is 0 Å². The summed E-state index contributed by atoms with van der Waals surface area (Å²) < 4.78 is 18.3. The number of piperazine rings is 1. The second-order valence-corrected chi connectivity index (χ2v) is 7.02. The molecule has 1 saturated heterocycles. The van der Waals surface area contributed by atoms with E-state index in [0.29, 0.717) is 50.6 Å². The summed E-state index contributed by atoms with van der Waals surface area (Å²) in [6.45, 7) is 2.17. The third kappa shape index (κ3) is 5.01. The zero-order valence-corrected chi connectivity index (χ0v) is 15.6. The number of rotatable bonds is 6. The molecule has 1 fully saturated rings. The van der Waals surface area contributed by atoms with Crippen molar-refractivity contribution in [3.8, 4) is 5.75 Å². The van der Waals surface area contributed by atoms with Gasteiger partial charge in [-0.25, -0.2) is 9.37 Å². The summed E-state index contributed by atoms with van der Waals surface area (Å²) in [5.74, 6) is -0.199. The molecule has 0 atom stereocenters. The number of carbonyl (C=O) groups excluding carboxylic acids is 2. The average Bonchev–Trinajstić information content (AvgIpc) is 3.16. The zero-order valence-electron chi connectivity index (χ0n) is 14.8. The Bertz CT molecular complexity index is 788. The predicted octanol–water partition coefficient (Wildman–Crippen LogP) is 1.15. The van der Waals surface area contributed by atoms with Gasteiger partial charge in [0.2, 0.25) is 0 Å². The normalized spacial score (nSPS) is 14.3. The van der Waals surface area contributed by atoms with Crippen LogP contribution in [0.15, 0.2) is 29.6 Å². The summed E-state index contributed by atoms with van der Waals surface area (Å²) in [5, 5.41) is 2.61. The maximum Gasteiger partial charge on any atom is 0.273 e. The van der Waals surface area contributed by atoms with Gasteiger partial charge >= 0.3 is 0 Å². The third-order valence-electron chi connectivity index (χ3n) is 4.22. The van der Waals surface area contributed by atoms with Gasteiger partial charge in [0, 0.05) is 38.0 Å². The Morgan fingerprint density at radius 2 is 1.81 bits per heavy atom. The highest BCUT2D eigenvalue weighted by atomic mass is 32.1. The molecule has 144 valence electrons. The molecular weight excluding hydrogens is 371 g/mol. The van der Waals surface area contributed by atoms with Crippen LogP contribution in [0, 0.1) is 5.82 Å². The van der Waals surface area contributed by atoms with E-state index >= 15 is 0 Å². The number of nitrogens with zero attached hydrogens (tertiary/aromatic N) is 3. The average molecular weight is 392 g/mol. The largest absolute Gasteiger partial charge is 0.484 e. The van der Waals surface area contributed by atoms with Crippen molar-refractivity contribution in [1.82, 2.24) is 14.8 Å². The van der Waals surface area contributed by atoms with E-state index in [-0.39, 0.29) is 24.2 Å². The van der Waals surface area contributed by atoms with Crippen LogP contribution in [-0.4, -0.2) is 65.9 Å². The SMILES string of the molecule is NCCc1nc(C(=O)N2CCN(C(=O)COc3ccc(F)cc3)CC2)cs1. The Kier molecular flexibility index (Phi) is 6.36. The van der Waals surface area contributed by atoms with E-state index in [1.807, 2.05) is 0 Å².